The maximum atomic E-state index is 11.1. The first kappa shape index (κ1) is 11.5. The molecule has 0 unspecified atom stereocenters. The van der Waals surface area contributed by atoms with E-state index < -0.39 is 5.97 Å². The molecule has 0 saturated heterocycles. The summed E-state index contributed by atoms with van der Waals surface area (Å²) >= 11 is 0. The predicted octanol–water partition coefficient (Wildman–Crippen LogP) is 2.01. The molecule has 0 bridgehead atoms. The number of fused-ring (bicyclic) bond motifs is 1. The molecule has 6 heteroatoms. The number of hydrogen-bond acceptors (Lipinski definition) is 3. The van der Waals surface area contributed by atoms with Gasteiger partial charge < -0.3 is 10.1 Å². The molecule has 1 aromatic carbocycles. The lowest BCUT2D eigenvalue weighted by Crippen LogP contribution is -2.05. The molecular weight excluding hydrogens is 244 g/mol. The minimum absolute atomic E-state index is 0.243. The van der Waals surface area contributed by atoms with Crippen molar-refractivity contribution in [2.75, 3.05) is 0 Å². The average molecular weight is 256 g/mol. The van der Waals surface area contributed by atoms with Crippen molar-refractivity contribution < 1.29 is 9.90 Å². The van der Waals surface area contributed by atoms with Gasteiger partial charge in [-0.25, -0.2) is 14.5 Å². The van der Waals surface area contributed by atoms with Crippen LogP contribution in [-0.4, -0.2) is 30.8 Å². The van der Waals surface area contributed by atoms with Crippen molar-refractivity contribution in [3.05, 3.63) is 42.0 Å². The highest BCUT2D eigenvalue weighted by Gasteiger charge is 2.16. The topological polar surface area (TPSA) is 83.8 Å². The van der Waals surface area contributed by atoms with Crippen LogP contribution in [-0.2, 0) is 6.42 Å². The van der Waals surface area contributed by atoms with Gasteiger partial charge in [-0.05, 0) is 24.6 Å². The molecule has 0 saturated carbocycles. The van der Waals surface area contributed by atoms with Crippen LogP contribution in [0.15, 0.2) is 30.7 Å². The zero-order valence-corrected chi connectivity index (χ0v) is 10.3. The molecule has 0 aliphatic carbocycles. The summed E-state index contributed by atoms with van der Waals surface area (Å²) in [7, 11) is 0. The summed E-state index contributed by atoms with van der Waals surface area (Å²) < 4.78 is 1.66. The number of aromatic amines is 1. The van der Waals surface area contributed by atoms with E-state index >= 15 is 0 Å². The van der Waals surface area contributed by atoms with Crippen LogP contribution in [0.3, 0.4) is 0 Å². The average Bonchev–Trinajstić information content (AvgIpc) is 3.03. The van der Waals surface area contributed by atoms with E-state index in [-0.39, 0.29) is 5.56 Å². The van der Waals surface area contributed by atoms with Crippen LogP contribution < -0.4 is 0 Å². The zero-order valence-electron chi connectivity index (χ0n) is 10.3. The fraction of sp³-hybridized carbons (Fsp3) is 0.154. The lowest BCUT2D eigenvalue weighted by Gasteiger charge is -2.06. The van der Waals surface area contributed by atoms with Crippen LogP contribution in [0.1, 0.15) is 23.0 Å². The molecule has 0 radical (unpaired) electrons. The normalized spacial score (nSPS) is 11.0. The van der Waals surface area contributed by atoms with Crippen LogP contribution in [0, 0.1) is 0 Å². The molecule has 0 amide bonds. The van der Waals surface area contributed by atoms with E-state index in [2.05, 4.69) is 15.1 Å². The molecule has 2 N–H and O–H groups in total. The van der Waals surface area contributed by atoms with Crippen LogP contribution >= 0.6 is 0 Å². The Morgan fingerprint density at radius 2 is 2.32 bits per heavy atom. The van der Waals surface area contributed by atoms with Crippen molar-refractivity contribution in [3.8, 4) is 5.69 Å². The van der Waals surface area contributed by atoms with Crippen LogP contribution in [0.25, 0.3) is 16.7 Å². The van der Waals surface area contributed by atoms with Crippen molar-refractivity contribution in [2.45, 2.75) is 13.3 Å². The molecule has 0 aliphatic rings. The Hall–Kier alpha value is -2.63. The summed E-state index contributed by atoms with van der Waals surface area (Å²) in [5.41, 5.74) is 3.51. The van der Waals surface area contributed by atoms with Gasteiger partial charge in [-0.3, -0.25) is 0 Å². The molecule has 0 spiro atoms. The third kappa shape index (κ3) is 1.77. The maximum Gasteiger partial charge on any atom is 0.339 e. The van der Waals surface area contributed by atoms with Crippen LogP contribution in [0.4, 0.5) is 0 Å². The van der Waals surface area contributed by atoms with Gasteiger partial charge in [0.05, 0.1) is 34.9 Å². The van der Waals surface area contributed by atoms with Gasteiger partial charge in [0.15, 0.2) is 0 Å². The second-order valence-corrected chi connectivity index (χ2v) is 4.18. The fourth-order valence-electron chi connectivity index (χ4n) is 2.17. The van der Waals surface area contributed by atoms with Gasteiger partial charge in [0.25, 0.3) is 0 Å². The maximum absolute atomic E-state index is 11.1. The summed E-state index contributed by atoms with van der Waals surface area (Å²) in [6.45, 7) is 1.91. The van der Waals surface area contributed by atoms with Gasteiger partial charge in [-0.15, -0.1) is 0 Å². The Kier molecular flexibility index (Phi) is 2.56. The number of nitrogens with one attached hydrogen (secondary N) is 1. The number of aromatic nitrogens is 4. The number of carboxylic acids is 1. The highest BCUT2D eigenvalue weighted by molar-refractivity contribution is 5.89. The SMILES string of the molecule is CCc1c(C(=O)O)cnn1-c1ccc2nc[nH]c2c1. The number of aromatic carboxylic acids is 1. The Morgan fingerprint density at radius 1 is 1.47 bits per heavy atom. The van der Waals surface area contributed by atoms with E-state index in [0.29, 0.717) is 12.1 Å². The Morgan fingerprint density at radius 3 is 3.05 bits per heavy atom. The Balaban J connectivity index is 2.17. The molecule has 0 fully saturated rings. The minimum Gasteiger partial charge on any atom is -0.478 e. The second kappa shape index (κ2) is 4.24. The summed E-state index contributed by atoms with van der Waals surface area (Å²) in [5.74, 6) is -0.953. The monoisotopic (exact) mass is 256 g/mol. The van der Waals surface area contributed by atoms with Crippen molar-refractivity contribution in [1.82, 2.24) is 19.7 Å². The molecule has 3 rings (SSSR count). The summed E-state index contributed by atoms with van der Waals surface area (Å²) in [6, 6.07) is 5.66. The van der Waals surface area contributed by atoms with Crippen LogP contribution in [0.5, 0.6) is 0 Å². The van der Waals surface area contributed by atoms with Crippen molar-refractivity contribution >= 4 is 17.0 Å². The molecule has 6 nitrogen and oxygen atoms in total. The van der Waals surface area contributed by atoms with Gasteiger partial charge in [-0.1, -0.05) is 6.92 Å². The summed E-state index contributed by atoms with van der Waals surface area (Å²) in [5, 5.41) is 13.3. The van der Waals surface area contributed by atoms with Crippen molar-refractivity contribution in [2.24, 2.45) is 0 Å². The predicted molar refractivity (Wildman–Crippen MR) is 69.6 cm³/mol. The van der Waals surface area contributed by atoms with Crippen LogP contribution in [0.2, 0.25) is 0 Å². The number of carboxylic acid groups (broad SMARTS) is 1. The number of hydrogen-bond donors (Lipinski definition) is 2. The molecule has 0 atom stereocenters. The standard InChI is InChI=1S/C13H12N4O2/c1-2-12-9(13(18)19)6-16-17(12)8-3-4-10-11(5-8)15-7-14-10/h3-7H,2H2,1H3,(H,14,15)(H,18,19). The lowest BCUT2D eigenvalue weighted by molar-refractivity contribution is 0.0695. The summed E-state index contributed by atoms with van der Waals surface area (Å²) in [6.07, 6.45) is 3.61. The number of nitrogens with zero attached hydrogens (tertiary/aromatic N) is 3. The highest BCUT2D eigenvalue weighted by atomic mass is 16.4. The fourth-order valence-corrected chi connectivity index (χ4v) is 2.17. The third-order valence-electron chi connectivity index (χ3n) is 3.08. The number of rotatable bonds is 3. The molecule has 0 aliphatic heterocycles. The first-order valence-electron chi connectivity index (χ1n) is 5.94. The number of carbonyl (C=O) groups is 1. The molecular formula is C13H12N4O2. The molecule has 3 aromatic rings. The Labute approximate surface area is 108 Å². The van der Waals surface area contributed by atoms with Gasteiger partial charge in [0.2, 0.25) is 0 Å². The van der Waals surface area contributed by atoms with Gasteiger partial charge in [0, 0.05) is 0 Å². The van der Waals surface area contributed by atoms with E-state index in [4.69, 9.17) is 5.11 Å². The first-order valence-corrected chi connectivity index (χ1v) is 5.94. The minimum atomic E-state index is -0.953. The van der Waals surface area contributed by atoms with E-state index in [0.717, 1.165) is 16.7 Å². The lowest BCUT2D eigenvalue weighted by atomic mass is 10.2. The van der Waals surface area contributed by atoms with Gasteiger partial charge >= 0.3 is 5.97 Å². The third-order valence-corrected chi connectivity index (χ3v) is 3.08. The summed E-state index contributed by atoms with van der Waals surface area (Å²) in [4.78, 5) is 18.3. The molecule has 96 valence electrons. The highest BCUT2D eigenvalue weighted by Crippen LogP contribution is 2.19. The number of benzene rings is 1. The first-order chi connectivity index (χ1) is 9.20. The van der Waals surface area contributed by atoms with E-state index in [1.807, 2.05) is 25.1 Å². The van der Waals surface area contributed by atoms with E-state index in [9.17, 15) is 4.79 Å². The van der Waals surface area contributed by atoms with E-state index in [1.165, 1.54) is 6.20 Å². The second-order valence-electron chi connectivity index (χ2n) is 4.18. The largest absolute Gasteiger partial charge is 0.478 e. The molecule has 19 heavy (non-hydrogen) atoms. The van der Waals surface area contributed by atoms with E-state index in [1.54, 1.807) is 11.0 Å². The van der Waals surface area contributed by atoms with Crippen molar-refractivity contribution in [3.63, 3.8) is 0 Å². The molecule has 2 heterocycles. The van der Waals surface area contributed by atoms with Crippen molar-refractivity contribution in [1.29, 1.82) is 0 Å². The zero-order chi connectivity index (χ0) is 13.4. The smallest absolute Gasteiger partial charge is 0.339 e. The number of H-pyrrole nitrogens is 1. The van der Waals surface area contributed by atoms with Gasteiger partial charge in [-0.2, -0.15) is 5.10 Å². The molecule has 2 aromatic heterocycles. The quantitative estimate of drug-likeness (QED) is 0.750. The van der Waals surface area contributed by atoms with Gasteiger partial charge in [0.1, 0.15) is 5.56 Å². The number of imidazole rings is 1. The Bertz CT molecular complexity index is 757.